The van der Waals surface area contributed by atoms with Gasteiger partial charge >= 0.3 is 0 Å². The second-order valence-corrected chi connectivity index (χ2v) is 4.05. The highest BCUT2D eigenvalue weighted by Gasteiger charge is 2.10. The molecule has 1 nitrogen and oxygen atoms in total. The third-order valence-electron chi connectivity index (χ3n) is 2.95. The molecule has 0 atom stereocenters. The third-order valence-corrected chi connectivity index (χ3v) is 2.95. The van der Waals surface area contributed by atoms with Gasteiger partial charge in [-0.3, -0.25) is 0 Å². The lowest BCUT2D eigenvalue weighted by atomic mass is 10.1. The maximum absolute atomic E-state index is 13.3. The van der Waals surface area contributed by atoms with Gasteiger partial charge in [-0.1, -0.05) is 18.2 Å². The number of likely N-dealkylation sites (tertiary alicyclic amines) is 1. The van der Waals surface area contributed by atoms with E-state index in [2.05, 4.69) is 11.3 Å². The Bertz CT molecular complexity index is 305. The standard InChI is InChI=1S/C13H17FN/c14-13-7-3-2-6-12(13)8-11-15-9-4-1-5-10-15/h1-3,6-7H,4-5,8-11H2. The maximum Gasteiger partial charge on any atom is 0.126 e. The Kier molecular flexibility index (Phi) is 3.73. The van der Waals surface area contributed by atoms with Crippen molar-refractivity contribution >= 4 is 0 Å². The van der Waals surface area contributed by atoms with Crippen molar-refractivity contribution in [3.63, 3.8) is 0 Å². The minimum Gasteiger partial charge on any atom is -0.303 e. The van der Waals surface area contributed by atoms with Gasteiger partial charge in [0.1, 0.15) is 5.82 Å². The average Bonchev–Trinajstić information content (AvgIpc) is 2.29. The van der Waals surface area contributed by atoms with E-state index < -0.39 is 0 Å². The molecule has 1 aromatic carbocycles. The van der Waals surface area contributed by atoms with E-state index in [-0.39, 0.29) is 5.82 Å². The number of hydrogen-bond donors (Lipinski definition) is 0. The average molecular weight is 206 g/mol. The van der Waals surface area contributed by atoms with Gasteiger partial charge in [-0.25, -0.2) is 4.39 Å². The fourth-order valence-corrected chi connectivity index (χ4v) is 2.01. The number of rotatable bonds is 3. The largest absolute Gasteiger partial charge is 0.303 e. The lowest BCUT2D eigenvalue weighted by Crippen LogP contribution is -2.31. The smallest absolute Gasteiger partial charge is 0.126 e. The van der Waals surface area contributed by atoms with Gasteiger partial charge in [-0.05, 0) is 50.4 Å². The van der Waals surface area contributed by atoms with Gasteiger partial charge in [-0.2, -0.15) is 0 Å². The Hall–Kier alpha value is -0.890. The molecule has 2 heteroatoms. The molecule has 0 N–H and O–H groups in total. The van der Waals surface area contributed by atoms with Crippen LogP contribution in [-0.2, 0) is 6.42 Å². The highest BCUT2D eigenvalue weighted by atomic mass is 19.1. The van der Waals surface area contributed by atoms with Gasteiger partial charge in [0.15, 0.2) is 0 Å². The van der Waals surface area contributed by atoms with Crippen molar-refractivity contribution in [3.8, 4) is 0 Å². The van der Waals surface area contributed by atoms with Crippen molar-refractivity contribution < 1.29 is 4.39 Å². The molecule has 0 spiro atoms. The summed E-state index contributed by atoms with van der Waals surface area (Å²) in [5.41, 5.74) is 0.840. The molecule has 81 valence electrons. The molecule has 0 aliphatic carbocycles. The molecular formula is C13H17FN. The normalized spacial score (nSPS) is 17.9. The molecule has 2 rings (SSSR count). The molecule has 0 saturated carbocycles. The van der Waals surface area contributed by atoms with Crippen LogP contribution in [-0.4, -0.2) is 24.5 Å². The van der Waals surface area contributed by atoms with Gasteiger partial charge in [0.2, 0.25) is 0 Å². The fourth-order valence-electron chi connectivity index (χ4n) is 2.01. The Balaban J connectivity index is 1.84. The molecule has 1 aliphatic heterocycles. The van der Waals surface area contributed by atoms with Gasteiger partial charge in [0.25, 0.3) is 0 Å². The molecule has 0 unspecified atom stereocenters. The first-order chi connectivity index (χ1) is 7.36. The Morgan fingerprint density at radius 2 is 1.87 bits per heavy atom. The topological polar surface area (TPSA) is 3.24 Å². The van der Waals surface area contributed by atoms with Gasteiger partial charge in [-0.15, -0.1) is 0 Å². The van der Waals surface area contributed by atoms with E-state index in [1.807, 2.05) is 12.1 Å². The summed E-state index contributed by atoms with van der Waals surface area (Å²) in [7, 11) is 0. The van der Waals surface area contributed by atoms with Crippen LogP contribution >= 0.6 is 0 Å². The first-order valence-electron chi connectivity index (χ1n) is 5.64. The molecule has 0 amide bonds. The molecular weight excluding hydrogens is 189 g/mol. The van der Waals surface area contributed by atoms with Crippen LogP contribution in [0.1, 0.15) is 18.4 Å². The van der Waals surface area contributed by atoms with Crippen LogP contribution in [0.2, 0.25) is 0 Å². The van der Waals surface area contributed by atoms with E-state index in [1.54, 1.807) is 12.1 Å². The van der Waals surface area contributed by atoms with Crippen molar-refractivity contribution in [3.05, 3.63) is 42.1 Å². The van der Waals surface area contributed by atoms with Crippen molar-refractivity contribution in [2.45, 2.75) is 19.3 Å². The van der Waals surface area contributed by atoms with Crippen molar-refractivity contribution in [1.82, 2.24) is 4.90 Å². The van der Waals surface area contributed by atoms with Crippen LogP contribution in [0.4, 0.5) is 4.39 Å². The van der Waals surface area contributed by atoms with E-state index in [0.29, 0.717) is 0 Å². The van der Waals surface area contributed by atoms with E-state index in [0.717, 1.165) is 31.6 Å². The van der Waals surface area contributed by atoms with Crippen LogP contribution < -0.4 is 0 Å². The number of benzene rings is 1. The molecule has 1 fully saturated rings. The molecule has 0 aromatic heterocycles. The number of piperidine rings is 1. The molecule has 1 heterocycles. The van der Waals surface area contributed by atoms with E-state index in [4.69, 9.17) is 0 Å². The van der Waals surface area contributed by atoms with Crippen LogP contribution in [0.3, 0.4) is 0 Å². The summed E-state index contributed by atoms with van der Waals surface area (Å²) in [5.74, 6) is -0.0685. The maximum atomic E-state index is 13.3. The van der Waals surface area contributed by atoms with Crippen molar-refractivity contribution in [2.75, 3.05) is 19.6 Å². The lowest BCUT2D eigenvalue weighted by Gasteiger charge is -2.26. The minimum atomic E-state index is -0.0685. The molecule has 1 aromatic rings. The molecule has 15 heavy (non-hydrogen) atoms. The first kappa shape index (κ1) is 10.6. The first-order valence-corrected chi connectivity index (χ1v) is 5.64. The van der Waals surface area contributed by atoms with Crippen LogP contribution in [0, 0.1) is 12.2 Å². The minimum absolute atomic E-state index is 0.0685. The highest BCUT2D eigenvalue weighted by molar-refractivity contribution is 5.17. The predicted octanol–water partition coefficient (Wildman–Crippen LogP) is 2.67. The second kappa shape index (κ2) is 5.26. The van der Waals surface area contributed by atoms with Crippen LogP contribution in [0.5, 0.6) is 0 Å². The monoisotopic (exact) mass is 206 g/mol. The summed E-state index contributed by atoms with van der Waals surface area (Å²) in [5, 5.41) is 0. The predicted molar refractivity (Wildman–Crippen MR) is 60.1 cm³/mol. The molecule has 1 saturated heterocycles. The van der Waals surface area contributed by atoms with E-state index in [9.17, 15) is 4.39 Å². The summed E-state index contributed by atoms with van der Waals surface area (Å²) < 4.78 is 13.3. The highest BCUT2D eigenvalue weighted by Crippen LogP contribution is 2.11. The summed E-state index contributed by atoms with van der Waals surface area (Å²) >= 11 is 0. The molecule has 1 radical (unpaired) electrons. The lowest BCUT2D eigenvalue weighted by molar-refractivity contribution is 0.256. The number of hydrogen-bond acceptors (Lipinski definition) is 1. The second-order valence-electron chi connectivity index (χ2n) is 4.05. The summed E-state index contributed by atoms with van der Waals surface area (Å²) in [6, 6.07) is 7.07. The van der Waals surface area contributed by atoms with Gasteiger partial charge in [0.05, 0.1) is 0 Å². The summed E-state index contributed by atoms with van der Waals surface area (Å²) in [6.07, 6.45) is 5.51. The summed E-state index contributed by atoms with van der Waals surface area (Å²) in [6.45, 7) is 3.25. The molecule has 1 aliphatic rings. The molecule has 0 bridgehead atoms. The number of halogens is 1. The van der Waals surface area contributed by atoms with Gasteiger partial charge < -0.3 is 4.90 Å². The van der Waals surface area contributed by atoms with Crippen LogP contribution in [0.15, 0.2) is 24.3 Å². The SMILES string of the molecule is Fc1ccccc1CCN1CC[CH]CC1. The fraction of sp³-hybridized carbons (Fsp3) is 0.462. The zero-order valence-electron chi connectivity index (χ0n) is 8.95. The quantitative estimate of drug-likeness (QED) is 0.735. The zero-order valence-corrected chi connectivity index (χ0v) is 8.95. The Morgan fingerprint density at radius 3 is 2.60 bits per heavy atom. The van der Waals surface area contributed by atoms with E-state index >= 15 is 0 Å². The Morgan fingerprint density at radius 1 is 1.13 bits per heavy atom. The summed E-state index contributed by atoms with van der Waals surface area (Å²) in [4.78, 5) is 2.41. The number of nitrogens with zero attached hydrogens (tertiary/aromatic N) is 1. The van der Waals surface area contributed by atoms with Gasteiger partial charge in [0, 0.05) is 6.54 Å². The van der Waals surface area contributed by atoms with Crippen LogP contribution in [0.25, 0.3) is 0 Å². The third kappa shape index (κ3) is 3.03. The zero-order chi connectivity index (χ0) is 10.5. The van der Waals surface area contributed by atoms with Crippen molar-refractivity contribution in [1.29, 1.82) is 0 Å². The Labute approximate surface area is 90.9 Å². The van der Waals surface area contributed by atoms with E-state index in [1.165, 1.54) is 12.8 Å². The van der Waals surface area contributed by atoms with Crippen molar-refractivity contribution in [2.24, 2.45) is 0 Å².